The van der Waals surface area contributed by atoms with Gasteiger partial charge in [0, 0.05) is 6.20 Å². The Kier molecular flexibility index (Phi) is 3.70. The summed E-state index contributed by atoms with van der Waals surface area (Å²) >= 11 is 0. The lowest BCUT2D eigenvalue weighted by Gasteiger charge is -2.08. The van der Waals surface area contributed by atoms with E-state index in [4.69, 9.17) is 9.84 Å². The summed E-state index contributed by atoms with van der Waals surface area (Å²) in [5, 5.41) is 8.96. The Hall–Kier alpha value is -2.50. The molecule has 5 nitrogen and oxygen atoms in total. The number of hydrogen-bond donors (Lipinski definition) is 1. The molecular formula is C13H11FN2O3. The molecule has 98 valence electrons. The number of benzene rings is 1. The molecule has 2 rings (SSSR count). The predicted molar refractivity (Wildman–Crippen MR) is 64.5 cm³/mol. The Balaban J connectivity index is 2.14. The molecule has 1 aromatic carbocycles. The maximum absolute atomic E-state index is 13.1. The van der Waals surface area contributed by atoms with Crippen LogP contribution in [0.1, 0.15) is 21.6 Å². The van der Waals surface area contributed by atoms with E-state index in [1.165, 1.54) is 30.7 Å². The number of halogens is 1. The van der Waals surface area contributed by atoms with Crippen LogP contribution in [0.3, 0.4) is 0 Å². The molecule has 0 aliphatic rings. The van der Waals surface area contributed by atoms with Crippen LogP contribution < -0.4 is 4.74 Å². The molecule has 0 saturated carbocycles. The van der Waals surface area contributed by atoms with Crippen LogP contribution in [0, 0.1) is 12.7 Å². The number of rotatable bonds is 4. The third kappa shape index (κ3) is 3.04. The minimum absolute atomic E-state index is 0.0127. The van der Waals surface area contributed by atoms with Gasteiger partial charge in [-0.15, -0.1) is 0 Å². The molecule has 6 heteroatoms. The molecule has 0 amide bonds. The first-order valence-corrected chi connectivity index (χ1v) is 5.49. The van der Waals surface area contributed by atoms with Crippen molar-refractivity contribution in [2.45, 2.75) is 13.5 Å². The van der Waals surface area contributed by atoms with E-state index in [0.29, 0.717) is 11.3 Å². The average molecular weight is 262 g/mol. The molecule has 0 unspecified atom stereocenters. The van der Waals surface area contributed by atoms with Crippen molar-refractivity contribution in [3.8, 4) is 5.75 Å². The molecule has 0 saturated heterocycles. The van der Waals surface area contributed by atoms with Gasteiger partial charge in [0.1, 0.15) is 30.1 Å². The minimum atomic E-state index is -1.12. The van der Waals surface area contributed by atoms with Crippen molar-refractivity contribution in [3.63, 3.8) is 0 Å². The standard InChI is InChI=1S/C13H11FN2O3/c1-8-4-9(2-3-11(8)14)19-6-12-10(13(17)18)5-15-7-16-12/h2-5,7H,6H2,1H3,(H,17,18). The van der Waals surface area contributed by atoms with Crippen LogP contribution in [0.4, 0.5) is 4.39 Å². The largest absolute Gasteiger partial charge is 0.487 e. The number of aromatic nitrogens is 2. The van der Waals surface area contributed by atoms with Crippen LogP contribution in [0.2, 0.25) is 0 Å². The second-order valence-corrected chi connectivity index (χ2v) is 3.89. The highest BCUT2D eigenvalue weighted by Gasteiger charge is 2.12. The second-order valence-electron chi connectivity index (χ2n) is 3.89. The van der Waals surface area contributed by atoms with Gasteiger partial charge in [0.05, 0.1) is 5.69 Å². The van der Waals surface area contributed by atoms with Gasteiger partial charge in [-0.1, -0.05) is 0 Å². The highest BCUT2D eigenvalue weighted by atomic mass is 19.1. The molecule has 1 aromatic heterocycles. The Morgan fingerprint density at radius 1 is 1.47 bits per heavy atom. The molecule has 0 bridgehead atoms. The Bertz CT molecular complexity index is 617. The van der Waals surface area contributed by atoms with E-state index in [2.05, 4.69) is 9.97 Å². The van der Waals surface area contributed by atoms with Crippen molar-refractivity contribution in [1.82, 2.24) is 9.97 Å². The minimum Gasteiger partial charge on any atom is -0.487 e. The summed E-state index contributed by atoms with van der Waals surface area (Å²) in [5.41, 5.74) is 0.712. The number of ether oxygens (including phenoxy) is 1. The Morgan fingerprint density at radius 3 is 2.95 bits per heavy atom. The van der Waals surface area contributed by atoms with Crippen molar-refractivity contribution >= 4 is 5.97 Å². The van der Waals surface area contributed by atoms with Crippen LogP contribution in [-0.2, 0) is 6.61 Å². The number of carboxylic acids is 1. The van der Waals surface area contributed by atoms with Gasteiger partial charge in [-0.05, 0) is 30.7 Å². The number of carboxylic acid groups (broad SMARTS) is 1. The van der Waals surface area contributed by atoms with Gasteiger partial charge in [-0.25, -0.2) is 19.2 Å². The van der Waals surface area contributed by atoms with Crippen molar-refractivity contribution in [2.75, 3.05) is 0 Å². The molecule has 0 aliphatic carbocycles. The van der Waals surface area contributed by atoms with Gasteiger partial charge >= 0.3 is 5.97 Å². The van der Waals surface area contributed by atoms with Gasteiger partial charge in [-0.2, -0.15) is 0 Å². The normalized spacial score (nSPS) is 10.2. The van der Waals surface area contributed by atoms with Gasteiger partial charge in [0.2, 0.25) is 0 Å². The van der Waals surface area contributed by atoms with Crippen molar-refractivity contribution < 1.29 is 19.0 Å². The number of aromatic carboxylic acids is 1. The van der Waals surface area contributed by atoms with Crippen molar-refractivity contribution in [1.29, 1.82) is 0 Å². The number of hydrogen-bond acceptors (Lipinski definition) is 4. The van der Waals surface area contributed by atoms with E-state index in [1.54, 1.807) is 6.92 Å². The monoisotopic (exact) mass is 262 g/mol. The first-order chi connectivity index (χ1) is 9.08. The van der Waals surface area contributed by atoms with E-state index in [0.717, 1.165) is 0 Å². The lowest BCUT2D eigenvalue weighted by Crippen LogP contribution is -2.08. The van der Waals surface area contributed by atoms with E-state index in [1.807, 2.05) is 0 Å². The zero-order valence-electron chi connectivity index (χ0n) is 10.1. The fourth-order valence-electron chi connectivity index (χ4n) is 1.51. The topological polar surface area (TPSA) is 72.3 Å². The van der Waals surface area contributed by atoms with E-state index in [9.17, 15) is 9.18 Å². The third-order valence-electron chi connectivity index (χ3n) is 2.53. The molecule has 0 radical (unpaired) electrons. The summed E-state index contributed by atoms with van der Waals surface area (Å²) in [5.74, 6) is -0.982. The quantitative estimate of drug-likeness (QED) is 0.914. The fraction of sp³-hybridized carbons (Fsp3) is 0.154. The molecule has 19 heavy (non-hydrogen) atoms. The summed E-state index contributed by atoms with van der Waals surface area (Å²) in [6.45, 7) is 1.60. The average Bonchev–Trinajstić information content (AvgIpc) is 2.40. The lowest BCUT2D eigenvalue weighted by molar-refractivity contribution is 0.0692. The summed E-state index contributed by atoms with van der Waals surface area (Å²) in [6, 6.07) is 4.31. The fourth-order valence-corrected chi connectivity index (χ4v) is 1.51. The first-order valence-electron chi connectivity index (χ1n) is 5.49. The molecule has 0 fully saturated rings. The van der Waals surface area contributed by atoms with Gasteiger partial charge in [-0.3, -0.25) is 0 Å². The van der Waals surface area contributed by atoms with Gasteiger partial charge < -0.3 is 9.84 Å². The second kappa shape index (κ2) is 5.43. The highest BCUT2D eigenvalue weighted by Crippen LogP contribution is 2.17. The van der Waals surface area contributed by atoms with Crippen LogP contribution >= 0.6 is 0 Å². The van der Waals surface area contributed by atoms with Gasteiger partial charge in [0.25, 0.3) is 0 Å². The number of aryl methyl sites for hydroxylation is 1. The number of nitrogens with zero attached hydrogens (tertiary/aromatic N) is 2. The molecule has 0 aliphatic heterocycles. The zero-order valence-corrected chi connectivity index (χ0v) is 10.1. The van der Waals surface area contributed by atoms with Crippen LogP contribution in [-0.4, -0.2) is 21.0 Å². The van der Waals surface area contributed by atoms with E-state index >= 15 is 0 Å². The Labute approximate surface area is 108 Å². The molecule has 1 N–H and O–H groups in total. The maximum atomic E-state index is 13.1. The molecule has 1 heterocycles. The van der Waals surface area contributed by atoms with E-state index < -0.39 is 5.97 Å². The summed E-state index contributed by atoms with van der Waals surface area (Å²) < 4.78 is 18.5. The van der Waals surface area contributed by atoms with Crippen LogP contribution in [0.25, 0.3) is 0 Å². The Morgan fingerprint density at radius 2 is 2.26 bits per heavy atom. The van der Waals surface area contributed by atoms with Gasteiger partial charge in [0.15, 0.2) is 0 Å². The van der Waals surface area contributed by atoms with Crippen molar-refractivity contribution in [3.05, 3.63) is 53.4 Å². The zero-order chi connectivity index (χ0) is 13.8. The smallest absolute Gasteiger partial charge is 0.339 e. The molecule has 2 aromatic rings. The maximum Gasteiger partial charge on any atom is 0.339 e. The van der Waals surface area contributed by atoms with Crippen LogP contribution in [0.15, 0.2) is 30.7 Å². The third-order valence-corrected chi connectivity index (χ3v) is 2.53. The summed E-state index contributed by atoms with van der Waals surface area (Å²) in [4.78, 5) is 18.5. The SMILES string of the molecule is Cc1cc(OCc2ncncc2C(=O)O)ccc1F. The molecular weight excluding hydrogens is 251 g/mol. The molecule has 0 atom stereocenters. The lowest BCUT2D eigenvalue weighted by atomic mass is 10.2. The molecule has 0 spiro atoms. The van der Waals surface area contributed by atoms with Crippen LogP contribution in [0.5, 0.6) is 5.75 Å². The first kappa shape index (κ1) is 12.9. The number of carbonyl (C=O) groups is 1. The summed E-state index contributed by atoms with van der Waals surface area (Å²) in [6.07, 6.45) is 2.46. The predicted octanol–water partition coefficient (Wildman–Crippen LogP) is 2.20. The summed E-state index contributed by atoms with van der Waals surface area (Å²) in [7, 11) is 0. The van der Waals surface area contributed by atoms with E-state index in [-0.39, 0.29) is 23.7 Å². The highest BCUT2D eigenvalue weighted by molar-refractivity contribution is 5.88. The van der Waals surface area contributed by atoms with Crippen molar-refractivity contribution in [2.24, 2.45) is 0 Å².